The summed E-state index contributed by atoms with van der Waals surface area (Å²) in [6.07, 6.45) is 1.86. The van der Waals surface area contributed by atoms with Crippen molar-refractivity contribution in [1.82, 2.24) is 4.90 Å². The largest absolute Gasteiger partial charge is 0.497 e. The number of carbonyl (C=O) groups is 3. The fourth-order valence-corrected chi connectivity index (χ4v) is 5.58. The van der Waals surface area contributed by atoms with Gasteiger partial charge in [0.1, 0.15) is 17.4 Å². The molecule has 0 unspecified atom stereocenters. The van der Waals surface area contributed by atoms with Gasteiger partial charge in [0, 0.05) is 12.2 Å². The second-order valence-corrected chi connectivity index (χ2v) is 8.61. The lowest BCUT2D eigenvalue weighted by Crippen LogP contribution is -2.58. The average molecular weight is 444 g/mol. The standard InChI is InChI=1S/C23H28N2O7/c1-4-11-24(14-5-7-15(31-3)8-6-14)21(28)19-23-10-9-16(32-23)17(22(29)30)18(23)20(27)25(19)13(2)12-26/h4-8,13,16-19,26H,1,9-12H2,2-3H3,(H,29,30)/t13-,16-,17+,18+,19-,23+/m1/s1. The highest BCUT2D eigenvalue weighted by Crippen LogP contribution is 2.59. The molecule has 3 aliphatic heterocycles. The first-order valence-corrected chi connectivity index (χ1v) is 10.7. The molecule has 1 aromatic carbocycles. The third kappa shape index (κ3) is 3.10. The van der Waals surface area contributed by atoms with E-state index in [1.54, 1.807) is 44.4 Å². The number of benzene rings is 1. The van der Waals surface area contributed by atoms with Crippen LogP contribution in [-0.2, 0) is 19.1 Å². The van der Waals surface area contributed by atoms with Crippen LogP contribution in [0.3, 0.4) is 0 Å². The number of ether oxygens (including phenoxy) is 2. The number of methoxy groups -OCH3 is 1. The van der Waals surface area contributed by atoms with Crippen molar-refractivity contribution in [1.29, 1.82) is 0 Å². The molecular formula is C23H28N2O7. The van der Waals surface area contributed by atoms with E-state index in [1.165, 1.54) is 9.80 Å². The highest BCUT2D eigenvalue weighted by molar-refractivity contribution is 6.04. The van der Waals surface area contributed by atoms with E-state index in [0.717, 1.165) is 0 Å². The molecule has 1 spiro atoms. The van der Waals surface area contributed by atoms with E-state index >= 15 is 0 Å². The fourth-order valence-electron chi connectivity index (χ4n) is 5.58. The smallest absolute Gasteiger partial charge is 0.310 e. The molecule has 0 saturated carbocycles. The minimum absolute atomic E-state index is 0.184. The van der Waals surface area contributed by atoms with Gasteiger partial charge in [0.2, 0.25) is 5.91 Å². The van der Waals surface area contributed by atoms with E-state index in [4.69, 9.17) is 9.47 Å². The summed E-state index contributed by atoms with van der Waals surface area (Å²) in [5, 5.41) is 19.6. The number of amides is 2. The number of carboxylic acids is 1. The van der Waals surface area contributed by atoms with Gasteiger partial charge in [-0.1, -0.05) is 6.08 Å². The van der Waals surface area contributed by atoms with Gasteiger partial charge in [-0.25, -0.2) is 0 Å². The Morgan fingerprint density at radius 3 is 2.66 bits per heavy atom. The third-order valence-electron chi connectivity index (χ3n) is 6.96. The molecule has 172 valence electrons. The number of aliphatic hydroxyl groups excluding tert-OH is 1. The SMILES string of the molecule is C=CCN(C(=O)[C@H]1N([C@H](C)CO)C(=O)[C@@H]2[C@@H](C(=O)O)[C@H]3CC[C@]21O3)c1ccc(OC)cc1. The van der Waals surface area contributed by atoms with Crippen LogP contribution in [0.4, 0.5) is 5.69 Å². The van der Waals surface area contributed by atoms with Crippen molar-refractivity contribution >= 4 is 23.5 Å². The van der Waals surface area contributed by atoms with Gasteiger partial charge >= 0.3 is 5.97 Å². The molecule has 9 heteroatoms. The topological polar surface area (TPSA) is 117 Å². The number of anilines is 1. The molecular weight excluding hydrogens is 416 g/mol. The molecule has 9 nitrogen and oxygen atoms in total. The summed E-state index contributed by atoms with van der Waals surface area (Å²) in [6, 6.07) is 5.21. The number of hydrogen-bond donors (Lipinski definition) is 2. The maximum Gasteiger partial charge on any atom is 0.310 e. The Bertz CT molecular complexity index is 933. The average Bonchev–Trinajstić information content (AvgIpc) is 3.44. The van der Waals surface area contributed by atoms with Crippen molar-refractivity contribution < 1.29 is 34.1 Å². The van der Waals surface area contributed by atoms with E-state index in [-0.39, 0.29) is 13.2 Å². The van der Waals surface area contributed by atoms with Crippen molar-refractivity contribution in [2.45, 2.75) is 43.6 Å². The van der Waals surface area contributed by atoms with E-state index in [0.29, 0.717) is 24.3 Å². The molecule has 3 saturated heterocycles. The van der Waals surface area contributed by atoms with Crippen molar-refractivity contribution in [2.24, 2.45) is 11.8 Å². The van der Waals surface area contributed by atoms with Crippen LogP contribution in [0.25, 0.3) is 0 Å². The highest BCUT2D eigenvalue weighted by Gasteiger charge is 2.75. The van der Waals surface area contributed by atoms with Crippen LogP contribution >= 0.6 is 0 Å². The normalized spacial score (nSPS) is 31.3. The summed E-state index contributed by atoms with van der Waals surface area (Å²) in [5.41, 5.74) is -0.640. The molecule has 0 radical (unpaired) electrons. The van der Waals surface area contributed by atoms with Gasteiger partial charge in [0.15, 0.2) is 0 Å². The van der Waals surface area contributed by atoms with Crippen molar-refractivity contribution in [3.05, 3.63) is 36.9 Å². The number of aliphatic carboxylic acids is 1. The Hall–Kier alpha value is -2.91. The Morgan fingerprint density at radius 1 is 1.41 bits per heavy atom. The molecule has 3 aliphatic rings. The monoisotopic (exact) mass is 444 g/mol. The van der Waals surface area contributed by atoms with Crippen LogP contribution in [0.5, 0.6) is 5.75 Å². The van der Waals surface area contributed by atoms with Gasteiger partial charge in [-0.15, -0.1) is 6.58 Å². The van der Waals surface area contributed by atoms with E-state index < -0.39 is 53.4 Å². The maximum atomic E-state index is 14.0. The molecule has 4 rings (SSSR count). The molecule has 32 heavy (non-hydrogen) atoms. The molecule has 0 aliphatic carbocycles. The van der Waals surface area contributed by atoms with Gasteiger partial charge < -0.3 is 29.5 Å². The zero-order valence-corrected chi connectivity index (χ0v) is 18.1. The molecule has 2 N–H and O–H groups in total. The van der Waals surface area contributed by atoms with E-state index in [9.17, 15) is 24.6 Å². The lowest BCUT2D eigenvalue weighted by atomic mass is 9.70. The van der Waals surface area contributed by atoms with Crippen LogP contribution in [0.2, 0.25) is 0 Å². The second-order valence-electron chi connectivity index (χ2n) is 8.61. The summed E-state index contributed by atoms with van der Waals surface area (Å²) in [5.74, 6) is -3.27. The van der Waals surface area contributed by atoms with Gasteiger partial charge in [-0.2, -0.15) is 0 Å². The minimum Gasteiger partial charge on any atom is -0.497 e. The number of aliphatic hydroxyl groups is 1. The van der Waals surface area contributed by atoms with Crippen LogP contribution in [0.1, 0.15) is 19.8 Å². The van der Waals surface area contributed by atoms with Crippen molar-refractivity contribution in [3.8, 4) is 5.75 Å². The summed E-state index contributed by atoms with van der Waals surface area (Å²) in [6.45, 7) is 5.22. The molecule has 2 bridgehead atoms. The van der Waals surface area contributed by atoms with Crippen molar-refractivity contribution in [3.63, 3.8) is 0 Å². The summed E-state index contributed by atoms with van der Waals surface area (Å²) in [7, 11) is 1.55. The number of carboxylic acid groups (broad SMARTS) is 1. The van der Waals surface area contributed by atoms with Crippen LogP contribution in [0, 0.1) is 11.8 Å². The van der Waals surface area contributed by atoms with Gasteiger partial charge in [0.05, 0.1) is 37.7 Å². The molecule has 6 atom stereocenters. The quantitative estimate of drug-likeness (QED) is 0.576. The molecule has 1 aromatic rings. The lowest BCUT2D eigenvalue weighted by Gasteiger charge is -2.38. The van der Waals surface area contributed by atoms with Crippen molar-refractivity contribution in [2.75, 3.05) is 25.2 Å². The van der Waals surface area contributed by atoms with Gasteiger partial charge in [0.25, 0.3) is 5.91 Å². The molecule has 2 amide bonds. The zero-order chi connectivity index (χ0) is 23.2. The predicted molar refractivity (Wildman–Crippen MR) is 114 cm³/mol. The number of carbonyl (C=O) groups excluding carboxylic acids is 2. The Balaban J connectivity index is 1.78. The molecule has 3 fully saturated rings. The summed E-state index contributed by atoms with van der Waals surface area (Å²) < 4.78 is 11.4. The highest BCUT2D eigenvalue weighted by atomic mass is 16.5. The third-order valence-corrected chi connectivity index (χ3v) is 6.96. The summed E-state index contributed by atoms with van der Waals surface area (Å²) >= 11 is 0. The number of fused-ring (bicyclic) bond motifs is 1. The van der Waals surface area contributed by atoms with Crippen LogP contribution in [-0.4, -0.2) is 76.9 Å². The summed E-state index contributed by atoms with van der Waals surface area (Å²) in [4.78, 5) is 42.3. The Morgan fingerprint density at radius 2 is 2.09 bits per heavy atom. The fraction of sp³-hybridized carbons (Fsp3) is 0.522. The minimum atomic E-state index is -1.22. The van der Waals surface area contributed by atoms with Crippen LogP contribution in [0.15, 0.2) is 36.9 Å². The number of hydrogen-bond acceptors (Lipinski definition) is 6. The molecule has 0 aromatic heterocycles. The molecule has 3 heterocycles. The predicted octanol–water partition coefficient (Wildman–Crippen LogP) is 1.05. The lowest BCUT2D eigenvalue weighted by molar-refractivity contribution is -0.150. The van der Waals surface area contributed by atoms with Gasteiger partial charge in [-0.05, 0) is 44.0 Å². The number of rotatable bonds is 8. The van der Waals surface area contributed by atoms with E-state index in [2.05, 4.69) is 6.58 Å². The first-order chi connectivity index (χ1) is 15.3. The first kappa shape index (κ1) is 22.3. The first-order valence-electron chi connectivity index (χ1n) is 10.7. The number of likely N-dealkylation sites (tertiary alicyclic amines) is 1. The second kappa shape index (κ2) is 8.22. The van der Waals surface area contributed by atoms with Crippen LogP contribution < -0.4 is 9.64 Å². The van der Waals surface area contributed by atoms with E-state index in [1.807, 2.05) is 0 Å². The zero-order valence-electron chi connectivity index (χ0n) is 18.1. The number of nitrogens with zero attached hydrogens (tertiary/aromatic N) is 2. The maximum absolute atomic E-state index is 14.0. The van der Waals surface area contributed by atoms with Gasteiger partial charge in [-0.3, -0.25) is 14.4 Å². The Kier molecular flexibility index (Phi) is 5.72. The Labute approximate surface area is 186 Å².